The molecule has 1 unspecified atom stereocenters. The van der Waals surface area contributed by atoms with Crippen LogP contribution in [0.2, 0.25) is 0 Å². The van der Waals surface area contributed by atoms with E-state index in [1.165, 1.54) is 12.1 Å². The van der Waals surface area contributed by atoms with Crippen LogP contribution in [0.25, 0.3) is 0 Å². The second-order valence-electron chi connectivity index (χ2n) is 4.18. The normalized spacial score (nSPS) is 23.2. The first-order valence-corrected chi connectivity index (χ1v) is 6.35. The van der Waals surface area contributed by atoms with Crippen LogP contribution in [0.5, 0.6) is 0 Å². The van der Waals surface area contributed by atoms with E-state index in [1.54, 1.807) is 12.1 Å². The summed E-state index contributed by atoms with van der Waals surface area (Å²) in [5.41, 5.74) is 0.252. The summed E-state index contributed by atoms with van der Waals surface area (Å²) < 4.78 is 29.6. The molecule has 0 saturated carbocycles. The number of hydrogen-bond donors (Lipinski definition) is 1. The van der Waals surface area contributed by atoms with Gasteiger partial charge in [0, 0.05) is 17.5 Å². The average molecular weight is 281 g/mol. The standard InChI is InChI=1S/C11H10O5S.Mg.2H/c1-11(17(14,15)16)6-9(12)7-4-2-3-5-8(7)10(11)13;;;/h2-5H,6H2,1H3,(H,14,15,16);;;/q;+2;2*-1. The number of fused-ring (bicyclic) bond motifs is 1. The summed E-state index contributed by atoms with van der Waals surface area (Å²) in [6, 6.07) is 6.00. The van der Waals surface area contributed by atoms with E-state index in [-0.39, 0.29) is 37.0 Å². The van der Waals surface area contributed by atoms with Crippen molar-refractivity contribution >= 4 is 44.7 Å². The number of benzene rings is 1. The molecule has 0 heterocycles. The monoisotopic (exact) mass is 280 g/mol. The van der Waals surface area contributed by atoms with E-state index in [4.69, 9.17) is 4.55 Å². The van der Waals surface area contributed by atoms with Crippen molar-refractivity contribution < 1.29 is 25.4 Å². The molecule has 0 saturated heterocycles. The molecule has 0 aliphatic heterocycles. The van der Waals surface area contributed by atoms with Gasteiger partial charge >= 0.3 is 23.1 Å². The van der Waals surface area contributed by atoms with Gasteiger partial charge in [0.25, 0.3) is 10.1 Å². The molecular weight excluding hydrogens is 268 g/mol. The van der Waals surface area contributed by atoms with Crippen LogP contribution in [0.15, 0.2) is 24.3 Å². The van der Waals surface area contributed by atoms with Gasteiger partial charge < -0.3 is 2.85 Å². The third-order valence-electron chi connectivity index (χ3n) is 3.02. The topological polar surface area (TPSA) is 88.5 Å². The van der Waals surface area contributed by atoms with Crippen LogP contribution in [-0.4, -0.2) is 52.3 Å². The number of rotatable bonds is 1. The molecule has 18 heavy (non-hydrogen) atoms. The Morgan fingerprint density at radius 1 is 1.22 bits per heavy atom. The Balaban J connectivity index is 0. The first-order chi connectivity index (χ1) is 7.77. The van der Waals surface area contributed by atoms with Crippen molar-refractivity contribution in [3.05, 3.63) is 35.4 Å². The zero-order valence-corrected chi connectivity index (χ0v) is 11.9. The van der Waals surface area contributed by atoms with Crippen LogP contribution in [0.1, 0.15) is 36.9 Å². The van der Waals surface area contributed by atoms with Gasteiger partial charge in [-0.05, 0) is 6.92 Å². The fourth-order valence-electron chi connectivity index (χ4n) is 1.90. The smallest absolute Gasteiger partial charge is 1.00 e. The summed E-state index contributed by atoms with van der Waals surface area (Å²) in [6.45, 7) is 1.07. The van der Waals surface area contributed by atoms with E-state index in [0.29, 0.717) is 0 Å². The van der Waals surface area contributed by atoms with Gasteiger partial charge in [-0.25, -0.2) is 0 Å². The Bertz CT molecular complexity index is 631. The summed E-state index contributed by atoms with van der Waals surface area (Å²) in [5.74, 6) is -1.20. The van der Waals surface area contributed by atoms with Gasteiger partial charge in [-0.2, -0.15) is 8.42 Å². The van der Waals surface area contributed by atoms with Crippen LogP contribution in [0, 0.1) is 0 Å². The molecule has 0 aromatic heterocycles. The Labute approximate surface area is 123 Å². The van der Waals surface area contributed by atoms with E-state index in [1.807, 2.05) is 0 Å². The third-order valence-corrected chi connectivity index (χ3v) is 4.49. The molecule has 0 bridgehead atoms. The van der Waals surface area contributed by atoms with Gasteiger partial charge in [0.05, 0.1) is 0 Å². The van der Waals surface area contributed by atoms with Crippen molar-refractivity contribution in [2.24, 2.45) is 0 Å². The average Bonchev–Trinajstić information content (AvgIpc) is 2.25. The number of carbonyl (C=O) groups excluding carboxylic acids is 2. The molecule has 2 rings (SSSR count). The van der Waals surface area contributed by atoms with Crippen molar-refractivity contribution in [1.29, 1.82) is 0 Å². The van der Waals surface area contributed by atoms with Crippen molar-refractivity contribution in [3.63, 3.8) is 0 Å². The van der Waals surface area contributed by atoms with Crippen molar-refractivity contribution in [2.75, 3.05) is 0 Å². The minimum atomic E-state index is -4.62. The zero-order valence-electron chi connectivity index (χ0n) is 11.7. The van der Waals surface area contributed by atoms with Gasteiger partial charge in [0.15, 0.2) is 16.3 Å². The fraction of sp³-hybridized carbons (Fsp3) is 0.273. The zero-order chi connectivity index (χ0) is 12.8. The Kier molecular flexibility index (Phi) is 4.02. The molecule has 7 heteroatoms. The molecule has 1 atom stereocenters. The van der Waals surface area contributed by atoms with E-state index >= 15 is 0 Å². The molecule has 0 amide bonds. The van der Waals surface area contributed by atoms with Crippen LogP contribution in [0.4, 0.5) is 0 Å². The molecule has 1 aliphatic carbocycles. The van der Waals surface area contributed by atoms with Gasteiger partial charge in [0.2, 0.25) is 0 Å². The third kappa shape index (κ3) is 2.11. The Morgan fingerprint density at radius 2 is 1.72 bits per heavy atom. The minimum Gasteiger partial charge on any atom is -1.00 e. The van der Waals surface area contributed by atoms with Gasteiger partial charge in [-0.1, -0.05) is 24.3 Å². The molecule has 0 radical (unpaired) electrons. The molecule has 5 nitrogen and oxygen atoms in total. The molecule has 1 N–H and O–H groups in total. The molecular formula is C11H12MgO5S. The van der Waals surface area contributed by atoms with E-state index in [0.717, 1.165) is 6.92 Å². The van der Waals surface area contributed by atoms with Crippen molar-refractivity contribution in [2.45, 2.75) is 18.1 Å². The van der Waals surface area contributed by atoms with Crippen LogP contribution >= 0.6 is 0 Å². The van der Waals surface area contributed by atoms with Gasteiger partial charge in [-0.15, -0.1) is 0 Å². The summed E-state index contributed by atoms with van der Waals surface area (Å²) in [5, 5.41) is 0. The first-order valence-electron chi connectivity index (χ1n) is 4.91. The Hall–Kier alpha value is -0.764. The predicted molar refractivity (Wildman–Crippen MR) is 67.7 cm³/mol. The number of carbonyl (C=O) groups is 2. The van der Waals surface area contributed by atoms with Gasteiger partial charge in [-0.3, -0.25) is 14.1 Å². The van der Waals surface area contributed by atoms with E-state index in [2.05, 4.69) is 0 Å². The quantitative estimate of drug-likeness (QED) is 0.611. The van der Waals surface area contributed by atoms with E-state index in [9.17, 15) is 18.0 Å². The molecule has 1 aliphatic rings. The van der Waals surface area contributed by atoms with Crippen LogP contribution in [0.3, 0.4) is 0 Å². The fourth-order valence-corrected chi connectivity index (χ4v) is 2.56. The predicted octanol–water partition coefficient (Wildman–Crippen LogP) is 0.946. The van der Waals surface area contributed by atoms with E-state index < -0.39 is 32.9 Å². The second kappa shape index (κ2) is 4.73. The molecule has 94 valence electrons. The van der Waals surface area contributed by atoms with Crippen molar-refractivity contribution in [1.82, 2.24) is 0 Å². The molecule has 1 aromatic rings. The second-order valence-corrected chi connectivity index (χ2v) is 6.03. The summed E-state index contributed by atoms with van der Waals surface area (Å²) >= 11 is 0. The number of hydrogen-bond acceptors (Lipinski definition) is 4. The summed E-state index contributed by atoms with van der Waals surface area (Å²) in [7, 11) is -4.62. The minimum absolute atomic E-state index is 0. The maximum atomic E-state index is 12.0. The SMILES string of the molecule is CC1(S(=O)(=O)O)CC(=O)c2ccccc2C1=O.[H-].[H-].[Mg+2]. The molecule has 1 aromatic carbocycles. The summed E-state index contributed by atoms with van der Waals surface area (Å²) in [6.07, 6.45) is -0.526. The first kappa shape index (κ1) is 15.3. The number of ketones is 2. The maximum absolute atomic E-state index is 12.0. The van der Waals surface area contributed by atoms with Crippen LogP contribution in [-0.2, 0) is 10.1 Å². The largest absolute Gasteiger partial charge is 2.00 e. The Morgan fingerprint density at radius 3 is 2.22 bits per heavy atom. The van der Waals surface area contributed by atoms with Crippen molar-refractivity contribution in [3.8, 4) is 0 Å². The number of Topliss-reactive ketones (excluding diaryl/α,β-unsaturated/α-hetero) is 2. The van der Waals surface area contributed by atoms with Crippen LogP contribution < -0.4 is 0 Å². The summed E-state index contributed by atoms with van der Waals surface area (Å²) in [4.78, 5) is 23.8. The maximum Gasteiger partial charge on any atom is 2.00 e. The molecule has 0 fully saturated rings. The molecule has 0 spiro atoms. The van der Waals surface area contributed by atoms with Gasteiger partial charge in [0.1, 0.15) is 0 Å².